The highest BCUT2D eigenvalue weighted by molar-refractivity contribution is 5.96. The Hall–Kier alpha value is -1.80. The summed E-state index contributed by atoms with van der Waals surface area (Å²) >= 11 is 0. The van der Waals surface area contributed by atoms with E-state index in [1.807, 2.05) is 5.32 Å². The molecule has 0 aromatic carbocycles. The lowest BCUT2D eigenvalue weighted by Gasteiger charge is -2.28. The lowest BCUT2D eigenvalue weighted by molar-refractivity contribution is -0.165. The van der Waals surface area contributed by atoms with E-state index in [1.54, 1.807) is 20.8 Å². The van der Waals surface area contributed by atoms with Crippen molar-refractivity contribution in [3.63, 3.8) is 0 Å². The van der Waals surface area contributed by atoms with Gasteiger partial charge in [0.1, 0.15) is 17.4 Å². The van der Waals surface area contributed by atoms with Crippen molar-refractivity contribution in [1.29, 1.82) is 0 Å². The van der Waals surface area contributed by atoms with E-state index in [9.17, 15) is 27.6 Å². The van der Waals surface area contributed by atoms with Crippen LogP contribution in [0.5, 0.6) is 0 Å². The number of rotatable bonds is 5. The number of amides is 2. The monoisotopic (exact) mass is 338 g/mol. The minimum Gasteiger partial charge on any atom is -0.444 e. The number of carbonyl (C=O) groups excluding carboxylic acids is 3. The van der Waals surface area contributed by atoms with Crippen LogP contribution in [0.15, 0.2) is 0 Å². The highest BCUT2D eigenvalue weighted by atomic mass is 19.4. The lowest BCUT2D eigenvalue weighted by atomic mass is 9.83. The van der Waals surface area contributed by atoms with Crippen LogP contribution in [-0.4, -0.2) is 42.1 Å². The second-order valence-corrected chi connectivity index (χ2v) is 6.46. The highest BCUT2D eigenvalue weighted by Gasteiger charge is 2.42. The molecule has 1 fully saturated rings. The first kappa shape index (κ1) is 19.2. The minimum atomic E-state index is -4.64. The first-order valence-corrected chi connectivity index (χ1v) is 7.24. The Labute approximate surface area is 132 Å². The molecule has 0 aliphatic heterocycles. The summed E-state index contributed by atoms with van der Waals surface area (Å²) in [6.07, 6.45) is -6.03. The van der Waals surface area contributed by atoms with Crippen molar-refractivity contribution in [2.75, 3.05) is 6.54 Å². The van der Waals surface area contributed by atoms with E-state index in [0.29, 0.717) is 0 Å². The molecule has 23 heavy (non-hydrogen) atoms. The third kappa shape index (κ3) is 6.87. The normalized spacial score (nSPS) is 17.2. The summed E-state index contributed by atoms with van der Waals surface area (Å²) in [6, 6.07) is -2.08. The molecule has 0 aromatic heterocycles. The summed E-state index contributed by atoms with van der Waals surface area (Å²) in [5.74, 6) is -1.62. The maximum absolute atomic E-state index is 12.9. The number of hydrogen-bond acceptors (Lipinski definition) is 4. The first-order valence-electron chi connectivity index (χ1n) is 7.24. The number of alkyl carbamates (subject to hydrolysis) is 1. The zero-order chi connectivity index (χ0) is 17.8. The molecule has 9 heteroatoms. The zero-order valence-corrected chi connectivity index (χ0v) is 13.3. The molecule has 2 amide bonds. The van der Waals surface area contributed by atoms with Gasteiger partial charge in [0.05, 0.1) is 5.92 Å². The molecule has 0 aromatic rings. The predicted octanol–water partition coefficient (Wildman–Crippen LogP) is 1.93. The third-order valence-corrected chi connectivity index (χ3v) is 3.13. The number of hydrogen-bond donors (Lipinski definition) is 2. The smallest absolute Gasteiger partial charge is 0.408 e. The fourth-order valence-electron chi connectivity index (χ4n) is 1.92. The summed E-state index contributed by atoms with van der Waals surface area (Å²) in [5.41, 5.74) is -0.751. The van der Waals surface area contributed by atoms with Crippen molar-refractivity contribution < 1.29 is 32.3 Å². The van der Waals surface area contributed by atoms with Crippen LogP contribution < -0.4 is 10.6 Å². The van der Waals surface area contributed by atoms with Crippen LogP contribution in [0.2, 0.25) is 0 Å². The quantitative estimate of drug-likeness (QED) is 0.802. The van der Waals surface area contributed by atoms with E-state index >= 15 is 0 Å². The number of carbonyl (C=O) groups is 3. The van der Waals surface area contributed by atoms with Gasteiger partial charge >= 0.3 is 12.3 Å². The molecule has 1 aliphatic carbocycles. The second kappa shape index (κ2) is 7.18. The molecule has 1 rings (SSSR count). The molecule has 2 N–H and O–H groups in total. The van der Waals surface area contributed by atoms with E-state index < -0.39 is 42.2 Å². The standard InChI is InChI=1S/C14H21F3N2O4/c1-13(2,3)23-12(22)18-5-4-10(14(15,16)17)19-11(21)8-6-9(20)7-8/h8,10H,4-7H2,1-3H3,(H,18,22)(H,19,21)/t10-/m0/s1. The van der Waals surface area contributed by atoms with Crippen LogP contribution in [-0.2, 0) is 14.3 Å². The molecule has 6 nitrogen and oxygen atoms in total. The Kier molecular flexibility index (Phi) is 6.01. The Morgan fingerprint density at radius 2 is 1.83 bits per heavy atom. The molecule has 0 radical (unpaired) electrons. The van der Waals surface area contributed by atoms with Gasteiger partial charge in [-0.25, -0.2) is 4.79 Å². The molecule has 0 unspecified atom stereocenters. The van der Waals surface area contributed by atoms with Gasteiger partial charge in [-0.15, -0.1) is 0 Å². The van der Waals surface area contributed by atoms with Crippen molar-refractivity contribution in [3.05, 3.63) is 0 Å². The maximum Gasteiger partial charge on any atom is 0.408 e. The first-order chi connectivity index (χ1) is 10.4. The van der Waals surface area contributed by atoms with E-state index in [1.165, 1.54) is 0 Å². The Bertz CT molecular complexity index is 464. The molecule has 1 aliphatic rings. The summed E-state index contributed by atoms with van der Waals surface area (Å²) in [6.45, 7) is 4.59. The molecule has 0 heterocycles. The second-order valence-electron chi connectivity index (χ2n) is 6.46. The molecule has 1 atom stereocenters. The van der Waals surface area contributed by atoms with E-state index in [4.69, 9.17) is 4.74 Å². The molecule has 0 spiro atoms. The Morgan fingerprint density at radius 1 is 1.26 bits per heavy atom. The van der Waals surface area contributed by atoms with Crippen LogP contribution in [0.25, 0.3) is 0 Å². The summed E-state index contributed by atoms with van der Waals surface area (Å²) in [4.78, 5) is 33.8. The summed E-state index contributed by atoms with van der Waals surface area (Å²) in [7, 11) is 0. The summed E-state index contributed by atoms with van der Waals surface area (Å²) < 4.78 is 43.6. The van der Waals surface area contributed by atoms with Crippen LogP contribution in [0.4, 0.5) is 18.0 Å². The predicted molar refractivity (Wildman–Crippen MR) is 74.6 cm³/mol. The van der Waals surface area contributed by atoms with Gasteiger partial charge in [0.2, 0.25) is 5.91 Å². The average Bonchev–Trinajstić information content (AvgIpc) is 2.30. The molecular formula is C14H21F3N2O4. The van der Waals surface area contributed by atoms with Gasteiger partial charge in [0, 0.05) is 19.4 Å². The van der Waals surface area contributed by atoms with Crippen molar-refractivity contribution in [1.82, 2.24) is 10.6 Å². The van der Waals surface area contributed by atoms with E-state index in [-0.39, 0.29) is 25.2 Å². The van der Waals surface area contributed by atoms with Crippen LogP contribution in [0, 0.1) is 5.92 Å². The lowest BCUT2D eigenvalue weighted by Crippen LogP contribution is -2.51. The van der Waals surface area contributed by atoms with Gasteiger partial charge in [-0.2, -0.15) is 13.2 Å². The number of ether oxygens (including phenoxy) is 1. The van der Waals surface area contributed by atoms with E-state index in [0.717, 1.165) is 0 Å². The topological polar surface area (TPSA) is 84.5 Å². The Morgan fingerprint density at radius 3 is 2.26 bits per heavy atom. The van der Waals surface area contributed by atoms with Crippen LogP contribution in [0.3, 0.4) is 0 Å². The molecular weight excluding hydrogens is 317 g/mol. The average molecular weight is 338 g/mol. The fraction of sp³-hybridized carbons (Fsp3) is 0.786. The third-order valence-electron chi connectivity index (χ3n) is 3.13. The van der Waals surface area contributed by atoms with Crippen molar-refractivity contribution in [2.45, 2.75) is 57.9 Å². The van der Waals surface area contributed by atoms with Crippen molar-refractivity contribution in [3.8, 4) is 0 Å². The van der Waals surface area contributed by atoms with Crippen LogP contribution >= 0.6 is 0 Å². The molecule has 1 saturated carbocycles. The fourth-order valence-corrected chi connectivity index (χ4v) is 1.92. The minimum absolute atomic E-state index is 0.0213. The van der Waals surface area contributed by atoms with Crippen molar-refractivity contribution in [2.24, 2.45) is 5.92 Å². The maximum atomic E-state index is 12.9. The SMILES string of the molecule is CC(C)(C)OC(=O)NCC[C@H](NC(=O)C1CC(=O)C1)C(F)(F)F. The Balaban J connectivity index is 2.45. The molecule has 0 bridgehead atoms. The van der Waals surface area contributed by atoms with Gasteiger partial charge < -0.3 is 15.4 Å². The number of nitrogens with one attached hydrogen (secondary N) is 2. The zero-order valence-electron chi connectivity index (χ0n) is 13.3. The number of ketones is 1. The van der Waals surface area contributed by atoms with E-state index in [2.05, 4.69) is 5.32 Å². The van der Waals surface area contributed by atoms with Gasteiger partial charge in [-0.1, -0.05) is 0 Å². The van der Waals surface area contributed by atoms with Gasteiger partial charge in [0.25, 0.3) is 0 Å². The van der Waals surface area contributed by atoms with Gasteiger partial charge in [0.15, 0.2) is 0 Å². The number of Topliss-reactive ketones (excluding diaryl/α,β-unsaturated/α-hetero) is 1. The molecule has 0 saturated heterocycles. The number of alkyl halides is 3. The molecule has 132 valence electrons. The largest absolute Gasteiger partial charge is 0.444 e. The van der Waals surface area contributed by atoms with Crippen molar-refractivity contribution >= 4 is 17.8 Å². The highest BCUT2D eigenvalue weighted by Crippen LogP contribution is 2.26. The van der Waals surface area contributed by atoms with Crippen LogP contribution in [0.1, 0.15) is 40.0 Å². The van der Waals surface area contributed by atoms with Gasteiger partial charge in [-0.05, 0) is 27.2 Å². The van der Waals surface area contributed by atoms with Gasteiger partial charge in [-0.3, -0.25) is 9.59 Å². The summed E-state index contributed by atoms with van der Waals surface area (Å²) in [5, 5.41) is 4.11. The number of halogens is 3.